The highest BCUT2D eigenvalue weighted by atomic mass is 19.1. The number of esters is 2. The third-order valence-electron chi connectivity index (χ3n) is 6.81. The van der Waals surface area contributed by atoms with E-state index >= 15 is 0 Å². The first-order valence-electron chi connectivity index (χ1n) is 10.9. The maximum atomic E-state index is 13.3. The van der Waals surface area contributed by atoms with Gasteiger partial charge >= 0.3 is 11.9 Å². The Bertz CT molecular complexity index is 706. The van der Waals surface area contributed by atoms with Crippen LogP contribution in [0.4, 0.5) is 4.39 Å². The molecule has 2 aliphatic rings. The molecule has 160 valence electrons. The Morgan fingerprint density at radius 2 is 1.79 bits per heavy atom. The van der Waals surface area contributed by atoms with Gasteiger partial charge < -0.3 is 9.47 Å². The lowest BCUT2D eigenvalue weighted by Crippen LogP contribution is -2.38. The third-order valence-corrected chi connectivity index (χ3v) is 6.81. The zero-order chi connectivity index (χ0) is 21.0. The van der Waals surface area contributed by atoms with Crippen molar-refractivity contribution in [3.63, 3.8) is 0 Å². The molecule has 0 aromatic heterocycles. The topological polar surface area (TPSA) is 52.6 Å². The molecule has 0 radical (unpaired) electrons. The number of carbonyl (C=O) groups excluding carboxylic acids is 2. The number of carbonyl (C=O) groups is 2. The molecule has 0 heterocycles. The molecule has 2 fully saturated rings. The minimum atomic E-state index is -0.784. The van der Waals surface area contributed by atoms with Gasteiger partial charge in [-0.3, -0.25) is 4.79 Å². The minimum absolute atomic E-state index is 0.109. The maximum Gasteiger partial charge on any atom is 0.344 e. The van der Waals surface area contributed by atoms with Crippen LogP contribution in [0.3, 0.4) is 0 Å². The molecule has 0 saturated heterocycles. The number of hydrogen-bond donors (Lipinski definition) is 0. The summed E-state index contributed by atoms with van der Waals surface area (Å²) in [4.78, 5) is 25.4. The Hall–Kier alpha value is -1.91. The predicted octanol–water partition coefficient (Wildman–Crippen LogP) is 5.18. The van der Waals surface area contributed by atoms with Crippen LogP contribution in [0.25, 0.3) is 0 Å². The molecule has 2 saturated carbocycles. The van der Waals surface area contributed by atoms with Gasteiger partial charge in [-0.1, -0.05) is 52.2 Å². The molecule has 0 spiro atoms. The summed E-state index contributed by atoms with van der Waals surface area (Å²) in [5.41, 5.74) is -0.0240. The van der Waals surface area contributed by atoms with Crippen molar-refractivity contribution in [2.75, 3.05) is 6.61 Å². The van der Waals surface area contributed by atoms with Gasteiger partial charge in [0.15, 0.2) is 6.61 Å². The lowest BCUT2D eigenvalue weighted by molar-refractivity contribution is -0.169. The Kier molecular flexibility index (Phi) is 6.97. The molecule has 3 unspecified atom stereocenters. The fourth-order valence-corrected chi connectivity index (χ4v) is 5.07. The van der Waals surface area contributed by atoms with Crippen molar-refractivity contribution in [1.82, 2.24) is 0 Å². The molecule has 0 bridgehead atoms. The summed E-state index contributed by atoms with van der Waals surface area (Å²) >= 11 is 0. The molecule has 3 atom stereocenters. The SMILES string of the molecule is CC1CCC(C(C)C)C(OC(=O)COC(=O)C2(c3ccc(F)cc3)CCCC2)C1. The third kappa shape index (κ3) is 4.99. The number of benzene rings is 1. The summed E-state index contributed by atoms with van der Waals surface area (Å²) in [6.45, 7) is 6.14. The second-order valence-corrected chi connectivity index (χ2v) is 9.23. The van der Waals surface area contributed by atoms with Crippen LogP contribution in [-0.2, 0) is 24.5 Å². The van der Waals surface area contributed by atoms with E-state index < -0.39 is 17.4 Å². The van der Waals surface area contributed by atoms with E-state index in [4.69, 9.17) is 9.47 Å². The molecule has 2 aliphatic carbocycles. The van der Waals surface area contributed by atoms with E-state index in [1.807, 2.05) is 0 Å². The van der Waals surface area contributed by atoms with Crippen molar-refractivity contribution < 1.29 is 23.5 Å². The Morgan fingerprint density at radius 3 is 2.41 bits per heavy atom. The summed E-state index contributed by atoms with van der Waals surface area (Å²) in [6, 6.07) is 6.04. The normalized spacial score (nSPS) is 26.3. The van der Waals surface area contributed by atoms with Gasteiger partial charge in [-0.25, -0.2) is 9.18 Å². The van der Waals surface area contributed by atoms with Gasteiger partial charge in [-0.15, -0.1) is 0 Å². The quantitative estimate of drug-likeness (QED) is 0.613. The van der Waals surface area contributed by atoms with E-state index in [0.29, 0.717) is 30.6 Å². The molecule has 1 aromatic rings. The predicted molar refractivity (Wildman–Crippen MR) is 109 cm³/mol. The molecule has 29 heavy (non-hydrogen) atoms. The first kappa shape index (κ1) is 21.8. The van der Waals surface area contributed by atoms with Crippen LogP contribution < -0.4 is 0 Å². The Labute approximate surface area is 173 Å². The Morgan fingerprint density at radius 1 is 1.14 bits per heavy atom. The van der Waals surface area contributed by atoms with Crippen LogP contribution in [-0.4, -0.2) is 24.6 Å². The number of hydrogen-bond acceptors (Lipinski definition) is 4. The van der Waals surface area contributed by atoms with Crippen molar-refractivity contribution >= 4 is 11.9 Å². The zero-order valence-electron chi connectivity index (χ0n) is 17.8. The van der Waals surface area contributed by atoms with E-state index in [-0.39, 0.29) is 18.5 Å². The molecule has 5 heteroatoms. The van der Waals surface area contributed by atoms with Crippen molar-refractivity contribution in [3.05, 3.63) is 35.6 Å². The summed E-state index contributed by atoms with van der Waals surface area (Å²) in [7, 11) is 0. The second kappa shape index (κ2) is 9.27. The summed E-state index contributed by atoms with van der Waals surface area (Å²) in [6.07, 6.45) is 6.10. The van der Waals surface area contributed by atoms with E-state index in [9.17, 15) is 14.0 Å². The van der Waals surface area contributed by atoms with Gasteiger partial charge in [0.25, 0.3) is 0 Å². The van der Waals surface area contributed by atoms with Gasteiger partial charge in [-0.05, 0) is 61.1 Å². The van der Waals surface area contributed by atoms with Crippen molar-refractivity contribution in [2.24, 2.45) is 17.8 Å². The summed E-state index contributed by atoms with van der Waals surface area (Å²) in [5, 5.41) is 0. The number of halogens is 1. The Balaban J connectivity index is 1.61. The standard InChI is InChI=1S/C24H33FO4/c1-16(2)20-11-6-17(3)14-21(20)29-22(26)15-28-23(27)24(12-4-5-13-24)18-7-9-19(25)10-8-18/h7-10,16-17,20-21H,4-6,11-15H2,1-3H3. The van der Waals surface area contributed by atoms with Gasteiger partial charge in [0.05, 0.1) is 5.41 Å². The zero-order valence-corrected chi connectivity index (χ0v) is 17.8. The van der Waals surface area contributed by atoms with E-state index in [0.717, 1.165) is 37.7 Å². The molecule has 1 aromatic carbocycles. The first-order valence-corrected chi connectivity index (χ1v) is 10.9. The van der Waals surface area contributed by atoms with Crippen LogP contribution in [0, 0.1) is 23.6 Å². The van der Waals surface area contributed by atoms with E-state index in [1.165, 1.54) is 12.1 Å². The molecule has 4 nitrogen and oxygen atoms in total. The summed E-state index contributed by atoms with van der Waals surface area (Å²) < 4.78 is 24.5. The monoisotopic (exact) mass is 404 g/mol. The van der Waals surface area contributed by atoms with Gasteiger partial charge in [0, 0.05) is 0 Å². The summed E-state index contributed by atoms with van der Waals surface area (Å²) in [5.74, 6) is 0.117. The molecular weight excluding hydrogens is 371 g/mol. The van der Waals surface area contributed by atoms with Crippen LogP contribution in [0.5, 0.6) is 0 Å². The first-order chi connectivity index (χ1) is 13.8. The van der Waals surface area contributed by atoms with E-state index in [1.54, 1.807) is 12.1 Å². The van der Waals surface area contributed by atoms with Crippen LogP contribution >= 0.6 is 0 Å². The largest absolute Gasteiger partial charge is 0.460 e. The number of ether oxygens (including phenoxy) is 2. The van der Waals surface area contributed by atoms with Crippen LogP contribution in [0.2, 0.25) is 0 Å². The molecule has 3 rings (SSSR count). The highest BCUT2D eigenvalue weighted by Crippen LogP contribution is 2.42. The fourth-order valence-electron chi connectivity index (χ4n) is 5.07. The average Bonchev–Trinajstić information content (AvgIpc) is 3.17. The van der Waals surface area contributed by atoms with Crippen molar-refractivity contribution in [3.8, 4) is 0 Å². The van der Waals surface area contributed by atoms with E-state index in [2.05, 4.69) is 20.8 Å². The lowest BCUT2D eigenvalue weighted by Gasteiger charge is -2.36. The van der Waals surface area contributed by atoms with Crippen molar-refractivity contribution in [2.45, 2.75) is 77.2 Å². The molecule has 0 aliphatic heterocycles. The minimum Gasteiger partial charge on any atom is -0.460 e. The van der Waals surface area contributed by atoms with Gasteiger partial charge in [-0.2, -0.15) is 0 Å². The molecule has 0 amide bonds. The average molecular weight is 405 g/mol. The highest BCUT2D eigenvalue weighted by molar-refractivity contribution is 5.85. The molecular formula is C24H33FO4. The molecule has 0 N–H and O–H groups in total. The maximum absolute atomic E-state index is 13.3. The highest BCUT2D eigenvalue weighted by Gasteiger charge is 2.44. The second-order valence-electron chi connectivity index (χ2n) is 9.23. The fraction of sp³-hybridized carbons (Fsp3) is 0.667. The van der Waals surface area contributed by atoms with Gasteiger partial charge in [0.2, 0.25) is 0 Å². The van der Waals surface area contributed by atoms with Crippen LogP contribution in [0.1, 0.15) is 71.3 Å². The lowest BCUT2D eigenvalue weighted by atomic mass is 9.75. The smallest absolute Gasteiger partial charge is 0.344 e. The van der Waals surface area contributed by atoms with Crippen LogP contribution in [0.15, 0.2) is 24.3 Å². The van der Waals surface area contributed by atoms with Gasteiger partial charge in [0.1, 0.15) is 11.9 Å². The van der Waals surface area contributed by atoms with Crippen molar-refractivity contribution in [1.29, 1.82) is 0 Å². The number of rotatable bonds is 6.